The Morgan fingerprint density at radius 1 is 0.903 bits per heavy atom. The molecule has 31 heavy (non-hydrogen) atoms. The van der Waals surface area contributed by atoms with Gasteiger partial charge in [-0.2, -0.15) is 0 Å². The fourth-order valence-corrected chi connectivity index (χ4v) is 6.19. The maximum atomic E-state index is 13.6. The zero-order chi connectivity index (χ0) is 21.0. The normalized spacial score (nSPS) is 18.7. The van der Waals surface area contributed by atoms with E-state index in [2.05, 4.69) is 21.6 Å². The predicted octanol–water partition coefficient (Wildman–Crippen LogP) is 6.11. The lowest BCUT2D eigenvalue weighted by Crippen LogP contribution is -2.26. The van der Waals surface area contributed by atoms with Gasteiger partial charge in [0.25, 0.3) is 0 Å². The van der Waals surface area contributed by atoms with Crippen LogP contribution in [0.3, 0.4) is 0 Å². The molecule has 5 rings (SSSR count). The van der Waals surface area contributed by atoms with E-state index in [0.717, 1.165) is 47.8 Å². The molecule has 1 aliphatic heterocycles. The molecule has 0 amide bonds. The lowest BCUT2D eigenvalue weighted by molar-refractivity contribution is 0.459. The molecule has 1 aliphatic carbocycles. The quantitative estimate of drug-likeness (QED) is 0.502. The third-order valence-electron chi connectivity index (χ3n) is 6.66. The molecule has 2 aliphatic rings. The van der Waals surface area contributed by atoms with Crippen LogP contribution >= 0.6 is 11.3 Å². The summed E-state index contributed by atoms with van der Waals surface area (Å²) in [7, 11) is 0. The van der Waals surface area contributed by atoms with E-state index in [-0.39, 0.29) is 5.82 Å². The van der Waals surface area contributed by atoms with E-state index in [1.54, 1.807) is 11.3 Å². The van der Waals surface area contributed by atoms with Crippen molar-refractivity contribution >= 4 is 11.3 Å². The van der Waals surface area contributed by atoms with Crippen molar-refractivity contribution in [1.82, 2.24) is 20.3 Å². The Kier molecular flexibility index (Phi) is 6.37. The van der Waals surface area contributed by atoms with Crippen LogP contribution in [0.4, 0.5) is 4.39 Å². The van der Waals surface area contributed by atoms with E-state index in [1.807, 2.05) is 18.3 Å². The topological polar surface area (TPSA) is 50.7 Å². The van der Waals surface area contributed by atoms with Crippen molar-refractivity contribution in [2.75, 3.05) is 13.1 Å². The second-order valence-corrected chi connectivity index (χ2v) is 9.75. The molecule has 1 radical (unpaired) electrons. The SMILES string of the molecule is Fc1ccc(-c2nc(C3CCNCC3)sc2-c2n[c]ncc2C2CCCCCC2)cc1. The summed E-state index contributed by atoms with van der Waals surface area (Å²) in [6.07, 6.45) is 14.5. The minimum Gasteiger partial charge on any atom is -0.317 e. The highest BCUT2D eigenvalue weighted by molar-refractivity contribution is 7.15. The first kappa shape index (κ1) is 20.7. The molecule has 1 aromatic carbocycles. The van der Waals surface area contributed by atoms with E-state index in [4.69, 9.17) is 4.98 Å². The number of thiazole rings is 1. The first-order chi connectivity index (χ1) is 15.3. The van der Waals surface area contributed by atoms with Crippen molar-refractivity contribution < 1.29 is 4.39 Å². The minimum atomic E-state index is -0.228. The van der Waals surface area contributed by atoms with Crippen LogP contribution in [0.15, 0.2) is 30.5 Å². The molecular weight excluding hydrogens is 407 g/mol. The predicted molar refractivity (Wildman–Crippen MR) is 123 cm³/mol. The fourth-order valence-electron chi connectivity index (χ4n) is 4.92. The zero-order valence-corrected chi connectivity index (χ0v) is 18.6. The molecule has 1 N–H and O–H groups in total. The lowest BCUT2D eigenvalue weighted by atomic mass is 9.90. The van der Waals surface area contributed by atoms with Crippen molar-refractivity contribution in [3.63, 3.8) is 0 Å². The third kappa shape index (κ3) is 4.55. The van der Waals surface area contributed by atoms with Gasteiger partial charge < -0.3 is 5.32 Å². The van der Waals surface area contributed by atoms with Crippen LogP contribution in [0.2, 0.25) is 0 Å². The number of aromatic nitrogens is 3. The van der Waals surface area contributed by atoms with Gasteiger partial charge in [-0.25, -0.2) is 19.3 Å². The van der Waals surface area contributed by atoms with Gasteiger partial charge in [0, 0.05) is 23.2 Å². The number of piperidine rings is 1. The Morgan fingerprint density at radius 2 is 1.65 bits per heavy atom. The molecule has 6 heteroatoms. The van der Waals surface area contributed by atoms with Gasteiger partial charge in [-0.1, -0.05) is 25.7 Å². The number of nitrogens with one attached hydrogen (secondary N) is 1. The average molecular weight is 436 g/mol. The Hall–Kier alpha value is -2.18. The van der Waals surface area contributed by atoms with Crippen molar-refractivity contribution in [2.24, 2.45) is 0 Å². The van der Waals surface area contributed by atoms with Gasteiger partial charge in [-0.05, 0) is 69.0 Å². The summed E-state index contributed by atoms with van der Waals surface area (Å²) in [5.74, 6) is 0.720. The minimum absolute atomic E-state index is 0.228. The van der Waals surface area contributed by atoms with Gasteiger partial charge in [0.2, 0.25) is 0 Å². The molecule has 0 atom stereocenters. The van der Waals surface area contributed by atoms with Crippen LogP contribution in [0.25, 0.3) is 21.8 Å². The van der Waals surface area contributed by atoms with Crippen LogP contribution in [0, 0.1) is 12.1 Å². The number of nitrogens with zero attached hydrogens (tertiary/aromatic N) is 3. The van der Waals surface area contributed by atoms with E-state index in [1.165, 1.54) is 61.2 Å². The first-order valence-electron chi connectivity index (χ1n) is 11.5. The molecule has 1 saturated carbocycles. The standard InChI is InChI=1S/C25H28FN4S/c26-20-9-7-18(8-10-20)22-24(31-25(30-22)19-11-13-27-14-12-19)23-21(15-28-16-29-23)17-5-3-1-2-4-6-17/h7-10,15,17,19,27H,1-6,11-14H2. The van der Waals surface area contributed by atoms with Gasteiger partial charge in [-0.3, -0.25) is 0 Å². The zero-order valence-electron chi connectivity index (χ0n) is 17.7. The summed E-state index contributed by atoms with van der Waals surface area (Å²) < 4.78 is 13.6. The summed E-state index contributed by atoms with van der Waals surface area (Å²) in [4.78, 5) is 15.1. The van der Waals surface area contributed by atoms with Crippen LogP contribution in [-0.4, -0.2) is 28.0 Å². The number of halogens is 1. The molecule has 2 aromatic heterocycles. The van der Waals surface area contributed by atoms with Crippen LogP contribution in [-0.2, 0) is 0 Å². The van der Waals surface area contributed by atoms with Crippen LogP contribution in [0.5, 0.6) is 0 Å². The molecule has 3 heterocycles. The molecule has 0 unspecified atom stereocenters. The summed E-state index contributed by atoms with van der Waals surface area (Å²) in [6, 6.07) is 6.69. The van der Waals surface area contributed by atoms with Crippen molar-refractivity contribution in [2.45, 2.75) is 63.2 Å². The van der Waals surface area contributed by atoms with Crippen LogP contribution in [0.1, 0.15) is 73.8 Å². The summed E-state index contributed by atoms with van der Waals surface area (Å²) in [5, 5.41) is 4.61. The van der Waals surface area contributed by atoms with Crippen LogP contribution < -0.4 is 5.32 Å². The summed E-state index contributed by atoms with van der Waals surface area (Å²) >= 11 is 1.76. The van der Waals surface area contributed by atoms with Gasteiger partial charge in [-0.15, -0.1) is 11.3 Å². The molecule has 161 valence electrons. The maximum Gasteiger partial charge on any atom is 0.198 e. The Balaban J connectivity index is 1.61. The molecule has 3 aromatic rings. The fraction of sp³-hybridized carbons (Fsp3) is 0.480. The second-order valence-electron chi connectivity index (χ2n) is 8.72. The smallest absolute Gasteiger partial charge is 0.198 e. The summed E-state index contributed by atoms with van der Waals surface area (Å²) in [6.45, 7) is 2.06. The molecule has 0 bridgehead atoms. The monoisotopic (exact) mass is 435 g/mol. The average Bonchev–Trinajstić information content (AvgIpc) is 3.08. The summed E-state index contributed by atoms with van der Waals surface area (Å²) in [5.41, 5.74) is 4.06. The highest BCUT2D eigenvalue weighted by Gasteiger charge is 2.27. The van der Waals surface area contributed by atoms with Gasteiger partial charge >= 0.3 is 0 Å². The molecule has 2 fully saturated rings. The molecule has 0 spiro atoms. The highest BCUT2D eigenvalue weighted by Crippen LogP contribution is 2.44. The molecular formula is C25H28FN4S. The van der Waals surface area contributed by atoms with Crippen molar-refractivity contribution in [3.8, 4) is 21.8 Å². The number of benzene rings is 1. The largest absolute Gasteiger partial charge is 0.317 e. The number of hydrogen-bond acceptors (Lipinski definition) is 5. The molecule has 1 saturated heterocycles. The Bertz CT molecular complexity index is 1000. The maximum absolute atomic E-state index is 13.6. The Labute approximate surface area is 187 Å². The van der Waals surface area contributed by atoms with Gasteiger partial charge in [0.05, 0.1) is 21.3 Å². The van der Waals surface area contributed by atoms with Gasteiger partial charge in [0.15, 0.2) is 6.33 Å². The van der Waals surface area contributed by atoms with E-state index in [9.17, 15) is 4.39 Å². The lowest BCUT2D eigenvalue weighted by Gasteiger charge is -2.20. The number of hydrogen-bond donors (Lipinski definition) is 1. The van der Waals surface area contributed by atoms with E-state index >= 15 is 0 Å². The third-order valence-corrected chi connectivity index (χ3v) is 7.88. The first-order valence-corrected chi connectivity index (χ1v) is 12.3. The van der Waals surface area contributed by atoms with Crippen molar-refractivity contribution in [1.29, 1.82) is 0 Å². The highest BCUT2D eigenvalue weighted by atomic mass is 32.1. The Morgan fingerprint density at radius 3 is 2.39 bits per heavy atom. The van der Waals surface area contributed by atoms with Crippen molar-refractivity contribution in [3.05, 3.63) is 53.2 Å². The van der Waals surface area contributed by atoms with E-state index in [0.29, 0.717) is 11.8 Å². The number of rotatable bonds is 4. The second kappa shape index (κ2) is 9.53. The van der Waals surface area contributed by atoms with Gasteiger partial charge in [0.1, 0.15) is 5.82 Å². The molecule has 4 nitrogen and oxygen atoms in total. The van der Waals surface area contributed by atoms with E-state index < -0.39 is 0 Å².